The molecule has 4 heterocycles. The van der Waals surface area contributed by atoms with Crippen molar-refractivity contribution in [1.29, 1.82) is 0 Å². The van der Waals surface area contributed by atoms with Gasteiger partial charge in [-0.05, 0) is 29.9 Å². The fourth-order valence-corrected chi connectivity index (χ4v) is 4.26. The van der Waals surface area contributed by atoms with Crippen LogP contribution in [0.1, 0.15) is 33.8 Å². The minimum absolute atomic E-state index is 0.0556. The zero-order valence-corrected chi connectivity index (χ0v) is 12.4. The summed E-state index contributed by atoms with van der Waals surface area (Å²) in [5.74, 6) is -0.0556. The molecule has 0 bridgehead atoms. The number of rotatable bonds is 1. The highest BCUT2D eigenvalue weighted by atomic mass is 32.1. The van der Waals surface area contributed by atoms with Crippen molar-refractivity contribution in [2.75, 3.05) is 19.7 Å². The first-order valence-electron chi connectivity index (χ1n) is 7.14. The summed E-state index contributed by atoms with van der Waals surface area (Å²) in [4.78, 5) is 15.6. The van der Waals surface area contributed by atoms with Gasteiger partial charge in [-0.3, -0.25) is 4.79 Å². The zero-order chi connectivity index (χ0) is 14.3. The number of carbonyl (C=O) groups excluding carboxylic acids is 1. The van der Waals surface area contributed by atoms with Crippen LogP contribution in [0.4, 0.5) is 0 Å². The Hall–Kier alpha value is -1.73. The smallest absolute Gasteiger partial charge is 0.276 e. The molecule has 0 atom stereocenters. The Morgan fingerprint density at radius 2 is 2.29 bits per heavy atom. The molecule has 21 heavy (non-hydrogen) atoms. The third kappa shape index (κ3) is 2.08. The highest BCUT2D eigenvalue weighted by molar-refractivity contribution is 7.10. The Labute approximate surface area is 126 Å². The van der Waals surface area contributed by atoms with E-state index in [0.717, 1.165) is 25.9 Å². The van der Waals surface area contributed by atoms with Crippen molar-refractivity contribution in [3.8, 4) is 0 Å². The summed E-state index contributed by atoms with van der Waals surface area (Å²) in [6.07, 6.45) is 4.18. The number of H-pyrrole nitrogens is 1. The van der Waals surface area contributed by atoms with E-state index in [-0.39, 0.29) is 11.5 Å². The fourth-order valence-electron chi connectivity index (χ4n) is 3.31. The van der Waals surface area contributed by atoms with Crippen molar-refractivity contribution >= 4 is 17.2 Å². The van der Waals surface area contributed by atoms with Gasteiger partial charge in [0.05, 0.1) is 18.4 Å². The van der Waals surface area contributed by atoms with Crippen molar-refractivity contribution < 1.29 is 9.53 Å². The maximum Gasteiger partial charge on any atom is 0.276 e. The quantitative estimate of drug-likeness (QED) is 0.868. The van der Waals surface area contributed by atoms with E-state index >= 15 is 0 Å². The number of amides is 1. The standard InChI is InChI=1S/C14H16N4O2S/c19-13(11-9-15-17-16-11)18-5-3-14(4-6-18)10-2-8-21-12(10)1-7-20-14/h2,8-9H,1,3-7H2,(H,15,16,17). The first-order valence-corrected chi connectivity index (χ1v) is 8.02. The monoisotopic (exact) mass is 304 g/mol. The van der Waals surface area contributed by atoms with Crippen LogP contribution in [0.5, 0.6) is 0 Å². The van der Waals surface area contributed by atoms with E-state index in [4.69, 9.17) is 4.74 Å². The van der Waals surface area contributed by atoms with Crippen LogP contribution in [-0.4, -0.2) is 45.9 Å². The number of thiophene rings is 1. The van der Waals surface area contributed by atoms with E-state index in [0.29, 0.717) is 18.8 Å². The van der Waals surface area contributed by atoms with Crippen LogP contribution in [0.3, 0.4) is 0 Å². The molecule has 4 rings (SSSR count). The number of hydrogen-bond acceptors (Lipinski definition) is 5. The maximum absolute atomic E-state index is 12.3. The van der Waals surface area contributed by atoms with Gasteiger partial charge >= 0.3 is 0 Å². The predicted molar refractivity (Wildman–Crippen MR) is 77.2 cm³/mol. The van der Waals surface area contributed by atoms with Gasteiger partial charge in [0.1, 0.15) is 0 Å². The van der Waals surface area contributed by atoms with E-state index in [1.165, 1.54) is 16.6 Å². The number of likely N-dealkylation sites (tertiary alicyclic amines) is 1. The first kappa shape index (κ1) is 13.0. The molecule has 2 aliphatic heterocycles. The SMILES string of the molecule is O=C(c1cn[nH]n1)N1CCC2(CC1)OCCc1sccc12. The number of carbonyl (C=O) groups is 1. The molecule has 2 aromatic heterocycles. The number of nitrogens with zero attached hydrogens (tertiary/aromatic N) is 3. The fraction of sp³-hybridized carbons (Fsp3) is 0.500. The first-order chi connectivity index (χ1) is 10.3. The minimum atomic E-state index is -0.186. The molecule has 1 amide bonds. The lowest BCUT2D eigenvalue weighted by molar-refractivity contribution is -0.0926. The summed E-state index contributed by atoms with van der Waals surface area (Å²) in [6.45, 7) is 2.17. The molecule has 6 nitrogen and oxygen atoms in total. The van der Waals surface area contributed by atoms with Gasteiger partial charge in [0, 0.05) is 24.4 Å². The minimum Gasteiger partial charge on any atom is -0.370 e. The number of aromatic amines is 1. The van der Waals surface area contributed by atoms with Gasteiger partial charge in [-0.2, -0.15) is 15.4 Å². The van der Waals surface area contributed by atoms with Crippen LogP contribution >= 0.6 is 11.3 Å². The Morgan fingerprint density at radius 3 is 3.05 bits per heavy atom. The van der Waals surface area contributed by atoms with Crippen molar-refractivity contribution in [2.24, 2.45) is 0 Å². The lowest BCUT2D eigenvalue weighted by Gasteiger charge is -2.43. The topological polar surface area (TPSA) is 71.1 Å². The van der Waals surface area contributed by atoms with Crippen molar-refractivity contribution in [2.45, 2.75) is 24.9 Å². The molecule has 7 heteroatoms. The third-order valence-electron chi connectivity index (χ3n) is 4.44. The molecule has 0 aliphatic carbocycles. The average molecular weight is 304 g/mol. The molecule has 2 aromatic rings. The molecule has 0 unspecified atom stereocenters. The number of aromatic nitrogens is 3. The van der Waals surface area contributed by atoms with Crippen LogP contribution in [0.2, 0.25) is 0 Å². The Balaban J connectivity index is 1.52. The van der Waals surface area contributed by atoms with Crippen molar-refractivity contribution in [3.05, 3.63) is 33.8 Å². The molecule has 1 fully saturated rings. The zero-order valence-electron chi connectivity index (χ0n) is 11.5. The molecule has 0 radical (unpaired) electrons. The molecule has 2 aliphatic rings. The van der Waals surface area contributed by atoms with Crippen molar-refractivity contribution in [1.82, 2.24) is 20.3 Å². The van der Waals surface area contributed by atoms with Gasteiger partial charge in [0.15, 0.2) is 5.69 Å². The largest absolute Gasteiger partial charge is 0.370 e. The average Bonchev–Trinajstić information content (AvgIpc) is 3.19. The van der Waals surface area contributed by atoms with E-state index in [2.05, 4.69) is 26.9 Å². The molecule has 110 valence electrons. The second-order valence-corrected chi connectivity index (χ2v) is 6.50. The van der Waals surface area contributed by atoms with Gasteiger partial charge in [-0.25, -0.2) is 0 Å². The summed E-state index contributed by atoms with van der Waals surface area (Å²) in [5, 5.41) is 12.2. The van der Waals surface area contributed by atoms with E-state index in [1.807, 2.05) is 16.2 Å². The normalized spacial score (nSPS) is 20.5. The van der Waals surface area contributed by atoms with Crippen LogP contribution in [0.25, 0.3) is 0 Å². The van der Waals surface area contributed by atoms with Crippen LogP contribution in [-0.2, 0) is 16.8 Å². The number of piperidine rings is 1. The number of ether oxygens (including phenoxy) is 1. The summed E-state index contributed by atoms with van der Waals surface area (Å²) in [6, 6.07) is 2.19. The predicted octanol–water partition coefficient (Wildman–Crippen LogP) is 1.57. The van der Waals surface area contributed by atoms with Crippen molar-refractivity contribution in [3.63, 3.8) is 0 Å². The summed E-state index contributed by atoms with van der Waals surface area (Å²) in [7, 11) is 0. The lowest BCUT2D eigenvalue weighted by Crippen LogP contribution is -2.48. The molecule has 0 saturated carbocycles. The molecule has 1 spiro atoms. The lowest BCUT2D eigenvalue weighted by atomic mass is 9.82. The van der Waals surface area contributed by atoms with Gasteiger partial charge < -0.3 is 9.64 Å². The molecular weight excluding hydrogens is 288 g/mol. The second-order valence-electron chi connectivity index (χ2n) is 5.50. The number of hydrogen-bond donors (Lipinski definition) is 1. The summed E-state index contributed by atoms with van der Waals surface area (Å²) in [5.41, 5.74) is 1.53. The van der Waals surface area contributed by atoms with E-state index in [1.54, 1.807) is 0 Å². The van der Waals surface area contributed by atoms with Gasteiger partial charge in [0.25, 0.3) is 5.91 Å². The maximum atomic E-state index is 12.3. The van der Waals surface area contributed by atoms with E-state index in [9.17, 15) is 4.79 Å². The molecular formula is C14H16N4O2S. The number of nitrogens with one attached hydrogen (secondary N) is 1. The molecule has 0 aromatic carbocycles. The number of fused-ring (bicyclic) bond motifs is 2. The Bertz CT molecular complexity index is 644. The highest BCUT2D eigenvalue weighted by Gasteiger charge is 2.42. The Morgan fingerprint density at radius 1 is 1.43 bits per heavy atom. The van der Waals surface area contributed by atoms with Crippen LogP contribution in [0, 0.1) is 0 Å². The van der Waals surface area contributed by atoms with Gasteiger partial charge in [-0.15, -0.1) is 11.3 Å². The van der Waals surface area contributed by atoms with Crippen LogP contribution < -0.4 is 0 Å². The summed E-state index contributed by atoms with van der Waals surface area (Å²) >= 11 is 1.82. The molecule has 1 N–H and O–H groups in total. The van der Waals surface area contributed by atoms with Crippen LogP contribution in [0.15, 0.2) is 17.6 Å². The highest BCUT2D eigenvalue weighted by Crippen LogP contribution is 2.43. The van der Waals surface area contributed by atoms with Gasteiger partial charge in [0.2, 0.25) is 0 Å². The summed E-state index contributed by atoms with van der Waals surface area (Å²) < 4.78 is 6.14. The van der Waals surface area contributed by atoms with E-state index < -0.39 is 0 Å². The van der Waals surface area contributed by atoms with Gasteiger partial charge in [-0.1, -0.05) is 0 Å². The molecule has 1 saturated heterocycles. The second kappa shape index (κ2) is 4.92. The third-order valence-corrected chi connectivity index (χ3v) is 5.42. The Kier molecular flexibility index (Phi) is 3.04.